The van der Waals surface area contributed by atoms with Crippen molar-refractivity contribution in [3.05, 3.63) is 0 Å². The van der Waals surface area contributed by atoms with Crippen molar-refractivity contribution in [1.82, 2.24) is 14.9 Å². The van der Waals surface area contributed by atoms with Crippen LogP contribution in [0.2, 0.25) is 0 Å². The van der Waals surface area contributed by atoms with Gasteiger partial charge in [-0.1, -0.05) is 20.8 Å². The number of aliphatic imine (C=N–C) groups is 1. The highest BCUT2D eigenvalue weighted by Crippen LogP contribution is 1.98. The van der Waals surface area contributed by atoms with Crippen LogP contribution in [0, 0.1) is 5.92 Å². The van der Waals surface area contributed by atoms with Crippen LogP contribution in [0.5, 0.6) is 0 Å². The molecule has 0 amide bonds. The van der Waals surface area contributed by atoms with Crippen molar-refractivity contribution in [3.63, 3.8) is 0 Å². The zero-order chi connectivity index (χ0) is 18.4. The predicted octanol–water partition coefficient (Wildman–Crippen LogP) is 1.28. The largest absolute Gasteiger partial charge is 0.381 e. The van der Waals surface area contributed by atoms with Gasteiger partial charge in [-0.3, -0.25) is 4.99 Å². The van der Waals surface area contributed by atoms with Gasteiger partial charge >= 0.3 is 0 Å². The number of nitrogens with one attached hydrogen (secondary N) is 2. The monoisotopic (exact) mass is 364 g/mol. The summed E-state index contributed by atoms with van der Waals surface area (Å²) in [5.41, 5.74) is 0. The second-order valence-corrected chi connectivity index (χ2v) is 8.10. The Morgan fingerprint density at radius 2 is 1.92 bits per heavy atom. The van der Waals surface area contributed by atoms with Gasteiger partial charge in [0.25, 0.3) is 0 Å². The van der Waals surface area contributed by atoms with E-state index in [1.165, 1.54) is 10.6 Å². The Morgan fingerprint density at radius 1 is 1.21 bits per heavy atom. The first-order valence-corrected chi connectivity index (χ1v) is 10.7. The minimum Gasteiger partial charge on any atom is -0.381 e. The molecule has 0 heterocycles. The summed E-state index contributed by atoms with van der Waals surface area (Å²) in [4.78, 5) is 4.50. The zero-order valence-electron chi connectivity index (χ0n) is 16.0. The van der Waals surface area contributed by atoms with Gasteiger partial charge in [0.1, 0.15) is 0 Å². The Bertz CT molecular complexity index is 439. The van der Waals surface area contributed by atoms with Crippen LogP contribution in [-0.2, 0) is 14.8 Å². The standard InChI is InChI=1S/C16H36N4O3S/c1-6-17-16(19-11-9-13-23-14-15(3)4)18-10-8-12-20(7-2)24(5,21)22/h15H,6-14H2,1-5H3,(H2,17,18,19). The average molecular weight is 365 g/mol. The van der Waals surface area contributed by atoms with Gasteiger partial charge in [0.2, 0.25) is 10.0 Å². The first kappa shape index (κ1) is 23.1. The molecule has 0 aromatic heterocycles. The Hall–Kier alpha value is -0.860. The smallest absolute Gasteiger partial charge is 0.211 e. The number of sulfonamides is 1. The molecule has 0 aromatic carbocycles. The molecule has 8 heteroatoms. The Balaban J connectivity index is 4.04. The van der Waals surface area contributed by atoms with Crippen LogP contribution in [0.1, 0.15) is 40.5 Å². The third-order valence-corrected chi connectivity index (χ3v) is 4.59. The maximum atomic E-state index is 11.5. The van der Waals surface area contributed by atoms with Gasteiger partial charge in [-0.15, -0.1) is 0 Å². The highest BCUT2D eigenvalue weighted by molar-refractivity contribution is 7.88. The second kappa shape index (κ2) is 13.4. The molecular weight excluding hydrogens is 328 g/mol. The molecule has 0 aliphatic heterocycles. The van der Waals surface area contributed by atoms with E-state index in [1.807, 2.05) is 13.8 Å². The summed E-state index contributed by atoms with van der Waals surface area (Å²) in [6.07, 6.45) is 2.88. The molecule has 0 spiro atoms. The SMILES string of the molecule is CCNC(=NCCCOCC(C)C)NCCCN(CC)S(C)(=O)=O. The number of nitrogens with zero attached hydrogens (tertiary/aromatic N) is 2. The number of hydrogen-bond donors (Lipinski definition) is 2. The van der Waals surface area contributed by atoms with Gasteiger partial charge in [0.05, 0.1) is 6.26 Å². The fourth-order valence-corrected chi connectivity index (χ4v) is 2.97. The van der Waals surface area contributed by atoms with Crippen LogP contribution >= 0.6 is 0 Å². The lowest BCUT2D eigenvalue weighted by atomic mass is 10.2. The molecule has 0 atom stereocenters. The van der Waals surface area contributed by atoms with Crippen LogP contribution in [0.25, 0.3) is 0 Å². The molecule has 0 aliphatic rings. The summed E-state index contributed by atoms with van der Waals surface area (Å²) in [5.74, 6) is 1.32. The summed E-state index contributed by atoms with van der Waals surface area (Å²) >= 11 is 0. The van der Waals surface area contributed by atoms with E-state index in [-0.39, 0.29) is 0 Å². The fourth-order valence-electron chi connectivity index (χ4n) is 2.04. The van der Waals surface area contributed by atoms with Crippen LogP contribution in [-0.4, -0.2) is 70.9 Å². The molecule has 0 saturated heterocycles. The molecule has 0 fully saturated rings. The second-order valence-electron chi connectivity index (χ2n) is 6.12. The van der Waals surface area contributed by atoms with E-state index in [0.29, 0.717) is 32.1 Å². The van der Waals surface area contributed by atoms with Crippen molar-refractivity contribution in [2.45, 2.75) is 40.5 Å². The number of rotatable bonds is 13. The van der Waals surface area contributed by atoms with Gasteiger partial charge in [-0.2, -0.15) is 0 Å². The van der Waals surface area contributed by atoms with Gasteiger partial charge in [0.15, 0.2) is 5.96 Å². The Morgan fingerprint density at radius 3 is 2.46 bits per heavy atom. The van der Waals surface area contributed by atoms with Crippen LogP contribution in [0.15, 0.2) is 4.99 Å². The average Bonchev–Trinajstić information content (AvgIpc) is 2.48. The van der Waals surface area contributed by atoms with Crippen molar-refractivity contribution in [1.29, 1.82) is 0 Å². The molecule has 0 bridgehead atoms. The first-order valence-electron chi connectivity index (χ1n) is 8.86. The lowest BCUT2D eigenvalue weighted by molar-refractivity contribution is 0.109. The molecule has 0 aromatic rings. The maximum Gasteiger partial charge on any atom is 0.211 e. The highest BCUT2D eigenvalue weighted by Gasteiger charge is 2.13. The van der Waals surface area contributed by atoms with E-state index >= 15 is 0 Å². The molecule has 0 rings (SSSR count). The van der Waals surface area contributed by atoms with Crippen molar-refractivity contribution in [2.24, 2.45) is 10.9 Å². The van der Waals surface area contributed by atoms with Crippen LogP contribution in [0.4, 0.5) is 0 Å². The van der Waals surface area contributed by atoms with Crippen molar-refractivity contribution < 1.29 is 13.2 Å². The molecule has 7 nitrogen and oxygen atoms in total. The van der Waals surface area contributed by atoms with Crippen molar-refractivity contribution >= 4 is 16.0 Å². The maximum absolute atomic E-state index is 11.5. The van der Waals surface area contributed by atoms with Crippen molar-refractivity contribution in [2.75, 3.05) is 52.2 Å². The summed E-state index contributed by atoms with van der Waals surface area (Å²) < 4.78 is 30.1. The summed E-state index contributed by atoms with van der Waals surface area (Å²) in [6.45, 7) is 12.8. The summed E-state index contributed by atoms with van der Waals surface area (Å²) in [7, 11) is -3.11. The van der Waals surface area contributed by atoms with E-state index in [9.17, 15) is 8.42 Å². The Labute approximate surface area is 148 Å². The van der Waals surface area contributed by atoms with E-state index in [2.05, 4.69) is 29.5 Å². The quantitative estimate of drug-likeness (QED) is 0.292. The lowest BCUT2D eigenvalue weighted by Crippen LogP contribution is -2.39. The summed E-state index contributed by atoms with van der Waals surface area (Å²) in [5, 5.41) is 6.43. The molecule has 24 heavy (non-hydrogen) atoms. The number of guanidine groups is 1. The molecule has 0 radical (unpaired) electrons. The molecule has 144 valence electrons. The van der Waals surface area contributed by atoms with Crippen LogP contribution in [0.3, 0.4) is 0 Å². The topological polar surface area (TPSA) is 83.0 Å². The van der Waals surface area contributed by atoms with E-state index in [1.54, 1.807) is 0 Å². The van der Waals surface area contributed by atoms with Crippen LogP contribution < -0.4 is 10.6 Å². The van der Waals surface area contributed by atoms with E-state index < -0.39 is 10.0 Å². The summed E-state index contributed by atoms with van der Waals surface area (Å²) in [6, 6.07) is 0. The van der Waals surface area contributed by atoms with E-state index in [4.69, 9.17) is 4.74 Å². The Kier molecular flexibility index (Phi) is 13.0. The molecule has 0 saturated carbocycles. The van der Waals surface area contributed by atoms with Gasteiger partial charge in [-0.25, -0.2) is 12.7 Å². The van der Waals surface area contributed by atoms with Gasteiger partial charge < -0.3 is 15.4 Å². The predicted molar refractivity (Wildman–Crippen MR) is 101 cm³/mol. The third kappa shape index (κ3) is 12.5. The molecule has 2 N–H and O–H groups in total. The molecule has 0 aliphatic carbocycles. The minimum atomic E-state index is -3.11. The highest BCUT2D eigenvalue weighted by atomic mass is 32.2. The van der Waals surface area contributed by atoms with Gasteiger partial charge in [0, 0.05) is 45.9 Å². The first-order chi connectivity index (χ1) is 11.3. The van der Waals surface area contributed by atoms with E-state index in [0.717, 1.165) is 38.6 Å². The fraction of sp³-hybridized carbons (Fsp3) is 0.938. The normalized spacial score (nSPS) is 12.9. The van der Waals surface area contributed by atoms with Gasteiger partial charge in [-0.05, 0) is 25.7 Å². The number of ether oxygens (including phenoxy) is 1. The van der Waals surface area contributed by atoms with Crippen molar-refractivity contribution in [3.8, 4) is 0 Å². The molecule has 0 unspecified atom stereocenters. The number of hydrogen-bond acceptors (Lipinski definition) is 4. The third-order valence-electron chi connectivity index (χ3n) is 3.21. The zero-order valence-corrected chi connectivity index (χ0v) is 16.8. The lowest BCUT2D eigenvalue weighted by Gasteiger charge is -2.18. The molecular formula is C16H36N4O3S. The minimum absolute atomic E-state index is 0.503.